The van der Waals surface area contributed by atoms with Gasteiger partial charge in [0.1, 0.15) is 11.9 Å². The van der Waals surface area contributed by atoms with Crippen LogP contribution in [0.15, 0.2) is 22.7 Å². The monoisotopic (exact) mass is 326 g/mol. The highest BCUT2D eigenvalue weighted by Gasteiger charge is 2.46. The van der Waals surface area contributed by atoms with Crippen molar-refractivity contribution in [2.45, 2.75) is 31.3 Å². The number of hydrogen-bond acceptors (Lipinski definition) is 3. The summed E-state index contributed by atoms with van der Waals surface area (Å²) in [7, 11) is 0. The summed E-state index contributed by atoms with van der Waals surface area (Å²) in [6.45, 7) is 0. The Hall–Kier alpha value is -1.43. The van der Waals surface area contributed by atoms with Gasteiger partial charge in [-0.2, -0.15) is 0 Å². The number of anilines is 1. The molecule has 1 heterocycles. The summed E-state index contributed by atoms with van der Waals surface area (Å²) in [6.07, 6.45) is 1.99. The molecule has 1 saturated heterocycles. The summed E-state index contributed by atoms with van der Waals surface area (Å²) in [5.74, 6) is -0.655. The molecule has 4 nitrogen and oxygen atoms in total. The number of carbonyl (C=O) groups is 2. The quantitative estimate of drug-likeness (QED) is 0.867. The van der Waals surface area contributed by atoms with Crippen molar-refractivity contribution in [3.05, 3.63) is 28.5 Å². The van der Waals surface area contributed by atoms with E-state index in [-0.39, 0.29) is 30.1 Å². The molecule has 19 heavy (non-hydrogen) atoms. The summed E-state index contributed by atoms with van der Waals surface area (Å²) in [5.41, 5.74) is 0.622. The molecule has 6 heteroatoms. The number of likely N-dealkylation sites (tertiary alicyclic amines) is 1. The maximum atomic E-state index is 13.1. The van der Waals surface area contributed by atoms with E-state index < -0.39 is 6.04 Å². The van der Waals surface area contributed by atoms with Gasteiger partial charge in [-0.25, -0.2) is 4.39 Å². The Morgan fingerprint density at radius 2 is 2.05 bits per heavy atom. The lowest BCUT2D eigenvalue weighted by Crippen LogP contribution is -2.36. The molecule has 1 N–H and O–H groups in total. The molecule has 0 radical (unpaired) electrons. The van der Waals surface area contributed by atoms with Gasteiger partial charge in [0.05, 0.1) is 10.9 Å². The van der Waals surface area contributed by atoms with Crippen LogP contribution >= 0.6 is 15.9 Å². The van der Waals surface area contributed by atoms with Crippen molar-refractivity contribution in [1.82, 2.24) is 4.90 Å². The molecule has 3 rings (SSSR count). The Balaban J connectivity index is 1.74. The molecule has 0 bridgehead atoms. The molecule has 2 fully saturated rings. The van der Waals surface area contributed by atoms with Gasteiger partial charge in [0.25, 0.3) is 5.91 Å². The number of halogens is 2. The van der Waals surface area contributed by atoms with Crippen LogP contribution in [0.5, 0.6) is 0 Å². The molecule has 1 aromatic carbocycles. The van der Waals surface area contributed by atoms with Crippen molar-refractivity contribution in [3.63, 3.8) is 0 Å². The predicted molar refractivity (Wildman–Crippen MR) is 71.0 cm³/mol. The first-order valence-electron chi connectivity index (χ1n) is 6.14. The number of imide groups is 1. The lowest BCUT2D eigenvalue weighted by atomic mass is 10.2. The summed E-state index contributed by atoms with van der Waals surface area (Å²) in [6, 6.07) is 3.99. The Kier molecular flexibility index (Phi) is 3.05. The second-order valence-corrected chi connectivity index (χ2v) is 5.72. The van der Waals surface area contributed by atoms with E-state index in [1.807, 2.05) is 0 Å². The molecule has 1 aliphatic carbocycles. The number of carbonyl (C=O) groups excluding carboxylic acids is 2. The Bertz CT molecular complexity index is 560. The second kappa shape index (κ2) is 4.59. The number of amides is 2. The zero-order chi connectivity index (χ0) is 13.6. The van der Waals surface area contributed by atoms with Crippen molar-refractivity contribution >= 4 is 33.4 Å². The van der Waals surface area contributed by atoms with E-state index in [1.165, 1.54) is 11.0 Å². The van der Waals surface area contributed by atoms with E-state index in [9.17, 15) is 14.0 Å². The number of hydrogen-bond donors (Lipinski definition) is 1. The van der Waals surface area contributed by atoms with Gasteiger partial charge in [-0.1, -0.05) is 0 Å². The fraction of sp³-hybridized carbons (Fsp3) is 0.385. The van der Waals surface area contributed by atoms with Crippen LogP contribution in [0.1, 0.15) is 19.3 Å². The van der Waals surface area contributed by atoms with E-state index in [0.717, 1.165) is 12.8 Å². The average Bonchev–Trinajstić information content (AvgIpc) is 3.13. The highest BCUT2D eigenvalue weighted by atomic mass is 79.9. The van der Waals surface area contributed by atoms with Crippen LogP contribution in [0.3, 0.4) is 0 Å². The first kappa shape index (κ1) is 12.6. The molecule has 2 amide bonds. The van der Waals surface area contributed by atoms with Crippen LogP contribution in [-0.2, 0) is 9.59 Å². The third-order valence-corrected chi connectivity index (χ3v) is 3.96. The molecule has 100 valence electrons. The van der Waals surface area contributed by atoms with Crippen molar-refractivity contribution < 1.29 is 14.0 Å². The lowest BCUT2D eigenvalue weighted by Gasteiger charge is -2.15. The minimum Gasteiger partial charge on any atom is -0.373 e. The minimum absolute atomic E-state index is 0.103. The molecule has 1 aliphatic heterocycles. The highest BCUT2D eigenvalue weighted by Crippen LogP contribution is 2.32. The van der Waals surface area contributed by atoms with Crippen LogP contribution in [0, 0.1) is 5.82 Å². The molecule has 1 saturated carbocycles. The van der Waals surface area contributed by atoms with Gasteiger partial charge in [0.2, 0.25) is 5.91 Å². The van der Waals surface area contributed by atoms with Crippen LogP contribution < -0.4 is 5.32 Å². The van der Waals surface area contributed by atoms with Gasteiger partial charge < -0.3 is 5.32 Å². The number of benzene rings is 1. The van der Waals surface area contributed by atoms with E-state index in [1.54, 1.807) is 12.1 Å². The summed E-state index contributed by atoms with van der Waals surface area (Å²) in [4.78, 5) is 25.3. The number of nitrogens with one attached hydrogen (secondary N) is 1. The normalized spacial score (nSPS) is 23.1. The van der Waals surface area contributed by atoms with Gasteiger partial charge in [0, 0.05) is 11.7 Å². The van der Waals surface area contributed by atoms with Crippen LogP contribution in [0.4, 0.5) is 10.1 Å². The number of rotatable bonds is 3. The van der Waals surface area contributed by atoms with Gasteiger partial charge in [-0.3, -0.25) is 14.5 Å². The maximum Gasteiger partial charge on any atom is 0.252 e. The SMILES string of the molecule is O=C1CC(Nc2ccc(F)c(Br)c2)C(=O)N1C1CC1. The summed E-state index contributed by atoms with van der Waals surface area (Å²) < 4.78 is 13.5. The molecule has 0 spiro atoms. The van der Waals surface area contributed by atoms with Gasteiger partial charge >= 0.3 is 0 Å². The molecule has 2 aliphatic rings. The van der Waals surface area contributed by atoms with Crippen LogP contribution in [0.25, 0.3) is 0 Å². The molecule has 1 atom stereocenters. The topological polar surface area (TPSA) is 49.4 Å². The zero-order valence-electron chi connectivity index (χ0n) is 10.0. The Morgan fingerprint density at radius 1 is 1.32 bits per heavy atom. The maximum absolute atomic E-state index is 13.1. The Morgan fingerprint density at radius 3 is 2.68 bits per heavy atom. The average molecular weight is 327 g/mol. The van der Waals surface area contributed by atoms with Crippen molar-refractivity contribution in [2.24, 2.45) is 0 Å². The third-order valence-electron chi connectivity index (χ3n) is 3.36. The Labute approximate surface area is 118 Å². The largest absolute Gasteiger partial charge is 0.373 e. The van der Waals surface area contributed by atoms with Gasteiger partial charge in [-0.15, -0.1) is 0 Å². The smallest absolute Gasteiger partial charge is 0.252 e. The van der Waals surface area contributed by atoms with E-state index in [0.29, 0.717) is 10.2 Å². The van der Waals surface area contributed by atoms with Crippen LogP contribution in [-0.4, -0.2) is 28.8 Å². The molecule has 0 aromatic heterocycles. The fourth-order valence-corrected chi connectivity index (χ4v) is 2.65. The third kappa shape index (κ3) is 2.36. The van der Waals surface area contributed by atoms with Crippen molar-refractivity contribution in [1.29, 1.82) is 0 Å². The minimum atomic E-state index is -0.537. The predicted octanol–water partition coefficient (Wildman–Crippen LogP) is 2.29. The molecular formula is C13H12BrFN2O2. The molecule has 1 unspecified atom stereocenters. The van der Waals surface area contributed by atoms with E-state index >= 15 is 0 Å². The molecule has 1 aromatic rings. The van der Waals surface area contributed by atoms with Crippen molar-refractivity contribution in [3.8, 4) is 0 Å². The van der Waals surface area contributed by atoms with Crippen molar-refractivity contribution in [2.75, 3.05) is 5.32 Å². The first-order chi connectivity index (χ1) is 9.06. The van der Waals surface area contributed by atoms with E-state index in [2.05, 4.69) is 21.2 Å². The number of nitrogens with zero attached hydrogens (tertiary/aromatic N) is 1. The second-order valence-electron chi connectivity index (χ2n) is 4.86. The fourth-order valence-electron chi connectivity index (χ4n) is 2.27. The zero-order valence-corrected chi connectivity index (χ0v) is 11.6. The summed E-state index contributed by atoms with van der Waals surface area (Å²) >= 11 is 3.09. The van der Waals surface area contributed by atoms with Gasteiger partial charge in [0.15, 0.2) is 0 Å². The van der Waals surface area contributed by atoms with E-state index in [4.69, 9.17) is 0 Å². The lowest BCUT2D eigenvalue weighted by molar-refractivity contribution is -0.139. The summed E-state index contributed by atoms with van der Waals surface area (Å²) in [5, 5.41) is 2.99. The highest BCUT2D eigenvalue weighted by molar-refractivity contribution is 9.10. The molecular weight excluding hydrogens is 315 g/mol. The van der Waals surface area contributed by atoms with Gasteiger partial charge in [-0.05, 0) is 47.0 Å². The standard InChI is InChI=1S/C13H12BrFN2O2/c14-9-5-7(1-4-10(9)15)16-11-6-12(18)17(13(11)19)8-2-3-8/h1,4-5,8,11,16H,2-3,6H2. The van der Waals surface area contributed by atoms with Crippen LogP contribution in [0.2, 0.25) is 0 Å². The first-order valence-corrected chi connectivity index (χ1v) is 6.93.